The van der Waals surface area contributed by atoms with E-state index in [2.05, 4.69) is 10.3 Å². The Morgan fingerprint density at radius 1 is 1.30 bits per heavy atom. The lowest BCUT2D eigenvalue weighted by atomic mass is 10.0. The quantitative estimate of drug-likeness (QED) is 0.484. The van der Waals surface area contributed by atoms with E-state index in [0.717, 1.165) is 5.56 Å². The van der Waals surface area contributed by atoms with Crippen molar-refractivity contribution in [3.05, 3.63) is 58.0 Å². The van der Waals surface area contributed by atoms with Gasteiger partial charge in [0.15, 0.2) is 0 Å². The zero-order chi connectivity index (χ0) is 19.8. The number of carbonyl (C=O) groups excluding carboxylic acids is 1. The average Bonchev–Trinajstić information content (AvgIpc) is 3.00. The van der Waals surface area contributed by atoms with Gasteiger partial charge in [-0.2, -0.15) is 0 Å². The molecule has 1 heterocycles. The standard InChI is InChI=1S/C18H22N4O5/c1-13-19-16(22(26)27)12-21(13)10-9-17(23)20-15(7-8-18(24)25)11-14-5-3-2-4-6-14/h2-6,12,15H,7-11H2,1H3,(H,20,23)(H,24,25). The van der Waals surface area contributed by atoms with Crippen molar-refractivity contribution in [1.29, 1.82) is 0 Å². The van der Waals surface area contributed by atoms with Gasteiger partial charge in [-0.3, -0.25) is 9.59 Å². The van der Waals surface area contributed by atoms with Gasteiger partial charge in [0.2, 0.25) is 11.7 Å². The number of imidazole rings is 1. The van der Waals surface area contributed by atoms with E-state index in [9.17, 15) is 19.7 Å². The van der Waals surface area contributed by atoms with E-state index < -0.39 is 10.9 Å². The second-order valence-corrected chi connectivity index (χ2v) is 6.23. The molecule has 0 bridgehead atoms. The molecule has 0 spiro atoms. The molecule has 1 unspecified atom stereocenters. The monoisotopic (exact) mass is 374 g/mol. The zero-order valence-corrected chi connectivity index (χ0v) is 15.0. The molecular formula is C18H22N4O5. The van der Waals surface area contributed by atoms with Gasteiger partial charge in [-0.15, -0.1) is 0 Å². The van der Waals surface area contributed by atoms with Crippen LogP contribution < -0.4 is 5.32 Å². The number of nitrogens with zero attached hydrogens (tertiary/aromatic N) is 3. The van der Waals surface area contributed by atoms with E-state index in [1.807, 2.05) is 30.3 Å². The summed E-state index contributed by atoms with van der Waals surface area (Å²) >= 11 is 0. The number of aliphatic carboxylic acids is 1. The molecule has 144 valence electrons. The number of hydrogen-bond acceptors (Lipinski definition) is 5. The SMILES string of the molecule is Cc1nc([N+](=O)[O-])cn1CCC(=O)NC(CCC(=O)O)Cc1ccccc1. The van der Waals surface area contributed by atoms with Crippen LogP contribution in [0.2, 0.25) is 0 Å². The highest BCUT2D eigenvalue weighted by atomic mass is 16.6. The summed E-state index contributed by atoms with van der Waals surface area (Å²) in [6, 6.07) is 9.22. The van der Waals surface area contributed by atoms with E-state index >= 15 is 0 Å². The Balaban J connectivity index is 1.93. The number of amides is 1. The first-order valence-electron chi connectivity index (χ1n) is 8.58. The molecule has 0 radical (unpaired) electrons. The molecule has 2 N–H and O–H groups in total. The summed E-state index contributed by atoms with van der Waals surface area (Å²) in [6.07, 6.45) is 2.24. The minimum absolute atomic E-state index is 0.0371. The van der Waals surface area contributed by atoms with Crippen LogP contribution in [0.3, 0.4) is 0 Å². The van der Waals surface area contributed by atoms with Gasteiger partial charge in [-0.05, 0) is 28.3 Å². The van der Waals surface area contributed by atoms with Crippen LogP contribution in [0.4, 0.5) is 5.82 Å². The Bertz CT molecular complexity index is 803. The maximum Gasteiger partial charge on any atom is 0.381 e. The van der Waals surface area contributed by atoms with Crippen molar-refractivity contribution >= 4 is 17.7 Å². The van der Waals surface area contributed by atoms with Gasteiger partial charge < -0.3 is 25.1 Å². The molecule has 0 aliphatic heterocycles. The lowest BCUT2D eigenvalue weighted by molar-refractivity contribution is -0.389. The van der Waals surface area contributed by atoms with E-state index in [0.29, 0.717) is 18.7 Å². The summed E-state index contributed by atoms with van der Waals surface area (Å²) in [5, 5.41) is 22.5. The molecular weight excluding hydrogens is 352 g/mol. The predicted molar refractivity (Wildman–Crippen MR) is 97.2 cm³/mol. The third-order valence-electron chi connectivity index (χ3n) is 4.13. The number of aromatic nitrogens is 2. The predicted octanol–water partition coefficient (Wildman–Crippen LogP) is 2.08. The lowest BCUT2D eigenvalue weighted by Gasteiger charge is -2.18. The lowest BCUT2D eigenvalue weighted by Crippen LogP contribution is -2.37. The molecule has 0 saturated heterocycles. The molecule has 0 fully saturated rings. The van der Waals surface area contributed by atoms with Crippen molar-refractivity contribution in [2.75, 3.05) is 0 Å². The first kappa shape index (κ1) is 20.1. The Labute approximate surface area is 156 Å². The maximum absolute atomic E-state index is 12.3. The minimum atomic E-state index is -0.913. The fourth-order valence-corrected chi connectivity index (χ4v) is 2.75. The van der Waals surface area contributed by atoms with E-state index in [4.69, 9.17) is 5.11 Å². The van der Waals surface area contributed by atoms with Crippen molar-refractivity contribution in [2.24, 2.45) is 0 Å². The second kappa shape index (κ2) is 9.46. The maximum atomic E-state index is 12.3. The van der Waals surface area contributed by atoms with Gasteiger partial charge in [0.1, 0.15) is 6.20 Å². The van der Waals surface area contributed by atoms with Crippen LogP contribution >= 0.6 is 0 Å². The van der Waals surface area contributed by atoms with Gasteiger partial charge in [0, 0.05) is 32.4 Å². The molecule has 1 atom stereocenters. The molecule has 0 aliphatic carbocycles. The van der Waals surface area contributed by atoms with E-state index in [1.54, 1.807) is 11.5 Å². The number of aryl methyl sites for hydroxylation is 2. The van der Waals surface area contributed by atoms with Gasteiger partial charge in [-0.25, -0.2) is 0 Å². The molecule has 0 aliphatic rings. The molecule has 9 heteroatoms. The summed E-state index contributed by atoms with van der Waals surface area (Å²) in [4.78, 5) is 37.2. The van der Waals surface area contributed by atoms with Crippen LogP contribution in [-0.2, 0) is 22.6 Å². The normalized spacial score (nSPS) is 11.7. The van der Waals surface area contributed by atoms with Crippen LogP contribution in [0.25, 0.3) is 0 Å². The largest absolute Gasteiger partial charge is 0.481 e. The Morgan fingerprint density at radius 2 is 2.00 bits per heavy atom. The summed E-state index contributed by atoms with van der Waals surface area (Å²) in [5.41, 5.74) is 1.01. The summed E-state index contributed by atoms with van der Waals surface area (Å²) in [7, 11) is 0. The van der Waals surface area contributed by atoms with Gasteiger partial charge in [-0.1, -0.05) is 30.3 Å². The number of carboxylic acid groups (broad SMARTS) is 1. The number of hydrogen-bond donors (Lipinski definition) is 2. The molecule has 9 nitrogen and oxygen atoms in total. The van der Waals surface area contributed by atoms with Crippen LogP contribution in [0.1, 0.15) is 30.7 Å². The second-order valence-electron chi connectivity index (χ2n) is 6.23. The number of rotatable bonds is 10. The van der Waals surface area contributed by atoms with Crippen molar-refractivity contribution in [3.63, 3.8) is 0 Å². The Kier molecular flexibility index (Phi) is 7.04. The zero-order valence-electron chi connectivity index (χ0n) is 15.0. The highest BCUT2D eigenvalue weighted by molar-refractivity contribution is 5.76. The van der Waals surface area contributed by atoms with Crippen molar-refractivity contribution in [3.8, 4) is 0 Å². The molecule has 2 rings (SSSR count). The van der Waals surface area contributed by atoms with Crippen LogP contribution in [0, 0.1) is 17.0 Å². The summed E-state index contributed by atoms with van der Waals surface area (Å²) < 4.78 is 1.56. The first-order chi connectivity index (χ1) is 12.8. The third kappa shape index (κ3) is 6.53. The van der Waals surface area contributed by atoms with E-state index in [-0.39, 0.29) is 37.2 Å². The van der Waals surface area contributed by atoms with Crippen LogP contribution in [-0.4, -0.2) is 37.5 Å². The Hall–Kier alpha value is -3.23. The number of carboxylic acids is 1. The fourth-order valence-electron chi connectivity index (χ4n) is 2.75. The average molecular weight is 374 g/mol. The van der Waals surface area contributed by atoms with Crippen molar-refractivity contribution in [1.82, 2.24) is 14.9 Å². The minimum Gasteiger partial charge on any atom is -0.481 e. The van der Waals surface area contributed by atoms with Gasteiger partial charge in [0.05, 0.1) is 0 Å². The number of nitrogens with one attached hydrogen (secondary N) is 1. The number of carbonyl (C=O) groups is 2. The highest BCUT2D eigenvalue weighted by Crippen LogP contribution is 2.12. The van der Waals surface area contributed by atoms with Gasteiger partial charge in [0.25, 0.3) is 0 Å². The molecule has 1 amide bonds. The van der Waals surface area contributed by atoms with Crippen LogP contribution in [0.15, 0.2) is 36.5 Å². The van der Waals surface area contributed by atoms with Crippen LogP contribution in [0.5, 0.6) is 0 Å². The number of nitro groups is 1. The summed E-state index contributed by atoms with van der Waals surface area (Å²) in [6.45, 7) is 1.89. The van der Waals surface area contributed by atoms with Gasteiger partial charge >= 0.3 is 11.8 Å². The summed E-state index contributed by atoms with van der Waals surface area (Å²) in [5.74, 6) is -0.946. The molecule has 1 aromatic carbocycles. The van der Waals surface area contributed by atoms with Crippen molar-refractivity contribution in [2.45, 2.75) is 45.2 Å². The van der Waals surface area contributed by atoms with Crippen molar-refractivity contribution < 1.29 is 19.6 Å². The third-order valence-corrected chi connectivity index (χ3v) is 4.13. The molecule has 27 heavy (non-hydrogen) atoms. The fraction of sp³-hybridized carbons (Fsp3) is 0.389. The smallest absolute Gasteiger partial charge is 0.381 e. The van der Waals surface area contributed by atoms with E-state index in [1.165, 1.54) is 6.20 Å². The Morgan fingerprint density at radius 3 is 2.59 bits per heavy atom. The highest BCUT2D eigenvalue weighted by Gasteiger charge is 2.18. The first-order valence-corrected chi connectivity index (χ1v) is 8.58. The number of benzene rings is 1. The topological polar surface area (TPSA) is 127 Å². The molecule has 1 aromatic heterocycles. The molecule has 0 saturated carbocycles. The molecule has 2 aromatic rings.